The van der Waals surface area contributed by atoms with Crippen LogP contribution in [0.1, 0.15) is 50.1 Å². The molecule has 28 heteroatoms. The summed E-state index contributed by atoms with van der Waals surface area (Å²) in [6, 6.07) is 28.2. The second-order valence-corrected chi connectivity index (χ2v) is 21.3. The Balaban J connectivity index is 0.000000306. The van der Waals surface area contributed by atoms with Gasteiger partial charge in [0, 0.05) is 5.56 Å². The number of rotatable bonds is 10. The van der Waals surface area contributed by atoms with Gasteiger partial charge in [-0.3, -0.25) is 0 Å². The van der Waals surface area contributed by atoms with Crippen LogP contribution >= 0.6 is 0 Å². The predicted molar refractivity (Wildman–Crippen MR) is 264 cm³/mol. The van der Waals surface area contributed by atoms with E-state index >= 15 is 0 Å². The lowest BCUT2D eigenvalue weighted by molar-refractivity contribution is -0.144. The lowest BCUT2D eigenvalue weighted by Gasteiger charge is -2.46. The number of hydrogen-bond donors (Lipinski definition) is 0. The second kappa shape index (κ2) is 23.2. The van der Waals surface area contributed by atoms with Crippen LogP contribution in [0.3, 0.4) is 0 Å². The number of hydrogen-bond acceptors (Lipinski definition) is 2. The molecule has 0 unspecified atom stereocenters. The van der Waals surface area contributed by atoms with E-state index in [4.69, 9.17) is 4.74 Å². The third-order valence-electron chi connectivity index (χ3n) is 13.0. The van der Waals surface area contributed by atoms with Gasteiger partial charge in [-0.15, -0.1) is 0 Å². The minimum Gasteiger partial charge on any atom is -0.457 e. The van der Waals surface area contributed by atoms with E-state index in [1.54, 1.807) is 0 Å². The maximum Gasteiger partial charge on any atom is 0.416 e. The predicted octanol–water partition coefficient (Wildman–Crippen LogP) is 17.8. The smallest absolute Gasteiger partial charge is 0.416 e. The van der Waals surface area contributed by atoms with E-state index in [1.807, 2.05) is 115 Å². The molecule has 8 aromatic rings. The van der Waals surface area contributed by atoms with E-state index in [2.05, 4.69) is 0 Å². The van der Waals surface area contributed by atoms with Crippen molar-refractivity contribution >= 4 is 37.9 Å². The zero-order chi connectivity index (χ0) is 63.1. The van der Waals surface area contributed by atoms with Crippen LogP contribution in [0.5, 0.6) is 11.5 Å². The van der Waals surface area contributed by atoms with Crippen molar-refractivity contribution in [3.8, 4) is 11.5 Å². The summed E-state index contributed by atoms with van der Waals surface area (Å²) in [6.45, 7) is 0. The lowest BCUT2D eigenvalue weighted by Crippen LogP contribution is -2.75. The monoisotopic (exact) mass is 1250 g/mol. The first-order chi connectivity index (χ1) is 39.0. The molecular formula is C57H33BF24O2S. The molecule has 0 radical (unpaired) electrons. The van der Waals surface area contributed by atoms with Gasteiger partial charge in [0.05, 0.1) is 44.5 Å². The molecule has 85 heavy (non-hydrogen) atoms. The molecule has 0 aliphatic rings. The largest absolute Gasteiger partial charge is 0.457 e. The van der Waals surface area contributed by atoms with Gasteiger partial charge in [0.1, 0.15) is 23.4 Å². The van der Waals surface area contributed by atoms with Crippen molar-refractivity contribution in [1.29, 1.82) is 0 Å². The van der Waals surface area contributed by atoms with Crippen molar-refractivity contribution in [2.75, 3.05) is 0 Å². The van der Waals surface area contributed by atoms with Gasteiger partial charge >= 0.3 is 49.4 Å². The molecule has 0 aliphatic heterocycles. The Morgan fingerprint density at radius 3 is 0.718 bits per heavy atom. The third kappa shape index (κ3) is 15.0. The van der Waals surface area contributed by atoms with Crippen LogP contribution in [0.25, 0.3) is 0 Å². The molecule has 450 valence electrons. The molecule has 0 heterocycles. The standard InChI is InChI=1S/C32H12BF24.C25H21O2S/c34-25(35,36)13-1-14(26(37,38)39)6-21(5-13)33(22-7-15(27(40,41)42)2-16(8-22)28(43,44)45,23-9-17(29(46,47)48)3-18(10-23)30(49,50)51)24-11-19(31(52,53)54)4-20(12-24)32(55,56)57;26-28(24-12-6-2-7-13-24,25-14-8-3-9-15-25)20-21-16-18-23(19-17-21)27-22-10-4-1-5-11-22/h1-12H;1-19H,20H2/q-1;+1. The number of benzene rings is 8. The normalized spacial score (nSPS) is 13.3. The van der Waals surface area contributed by atoms with Crippen LogP contribution in [0.15, 0.2) is 198 Å². The molecule has 0 saturated heterocycles. The molecule has 0 aromatic heterocycles. The number of para-hydroxylation sites is 1. The van der Waals surface area contributed by atoms with Gasteiger partial charge in [0.15, 0.2) is 19.7 Å². The van der Waals surface area contributed by atoms with Crippen molar-refractivity contribution < 1.29 is 114 Å². The molecular weight excluding hydrogens is 1220 g/mol. The summed E-state index contributed by atoms with van der Waals surface area (Å²) in [7, 11) is -2.41. The molecule has 0 atom stereocenters. The van der Waals surface area contributed by atoms with E-state index in [0.29, 0.717) is 5.75 Å². The summed E-state index contributed by atoms with van der Waals surface area (Å²) < 4.78 is 361. The number of halogens is 24. The first-order valence-corrected chi connectivity index (χ1v) is 25.5. The van der Waals surface area contributed by atoms with Gasteiger partial charge in [0.2, 0.25) is 0 Å². The molecule has 8 aromatic carbocycles. The minimum absolute atomic E-state index is 0.451. The molecule has 0 bridgehead atoms. The molecule has 0 saturated carbocycles. The Kier molecular flexibility index (Phi) is 17.6. The number of alkyl halides is 24. The average Bonchev–Trinajstić information content (AvgIpc) is 0.762. The van der Waals surface area contributed by atoms with E-state index < -0.39 is 205 Å². The van der Waals surface area contributed by atoms with Crippen LogP contribution in [-0.2, 0) is 69.3 Å². The van der Waals surface area contributed by atoms with Crippen molar-refractivity contribution in [3.05, 3.63) is 238 Å². The quantitative estimate of drug-likeness (QED) is 0.0775. The topological polar surface area (TPSA) is 26.3 Å². The molecule has 8 rings (SSSR count). The molecule has 0 fully saturated rings. The SMILES string of the molecule is FC(F)(F)c1cc([B-](c2cc(C(F)(F)F)cc(C(F)(F)F)c2)(c2cc(C(F)(F)F)cc(C(F)(F)F)c2)c2cc(C(F)(F)F)cc(C(F)(F)F)c2)cc(C(F)(F)F)c1.O=[S+](Cc1ccc(Oc2ccccc2)cc1)(c1ccccc1)c1ccccc1. The summed E-state index contributed by atoms with van der Waals surface area (Å²) >= 11 is 0. The highest BCUT2D eigenvalue weighted by atomic mass is 32.2. The highest BCUT2D eigenvalue weighted by Crippen LogP contribution is 2.42. The first-order valence-electron chi connectivity index (χ1n) is 23.8. The highest BCUT2D eigenvalue weighted by molar-refractivity contribution is 8.02. The molecule has 0 spiro atoms. The van der Waals surface area contributed by atoms with E-state index in [0.717, 1.165) is 26.9 Å². The zero-order valence-corrected chi connectivity index (χ0v) is 42.8. The summed E-state index contributed by atoms with van der Waals surface area (Å²) in [6.07, 6.45) is -54.8. The Morgan fingerprint density at radius 1 is 0.282 bits per heavy atom. The average molecular weight is 1250 g/mol. The third-order valence-corrected chi connectivity index (χ3v) is 15.8. The fourth-order valence-corrected chi connectivity index (χ4v) is 11.6. The highest BCUT2D eigenvalue weighted by Gasteiger charge is 2.47. The maximum atomic E-state index is 14.2. The molecule has 0 N–H and O–H groups in total. The van der Waals surface area contributed by atoms with Crippen LogP contribution in [0.4, 0.5) is 105 Å². The van der Waals surface area contributed by atoms with E-state index in [1.165, 1.54) is 0 Å². The van der Waals surface area contributed by atoms with Gasteiger partial charge in [-0.25, -0.2) is 0 Å². The second-order valence-electron chi connectivity index (χ2n) is 18.7. The molecule has 0 aliphatic carbocycles. The number of ether oxygens (including phenoxy) is 1. The van der Waals surface area contributed by atoms with Crippen LogP contribution in [-0.4, -0.2) is 6.15 Å². The van der Waals surface area contributed by atoms with Gasteiger partial charge in [-0.05, 0) is 72.8 Å². The molecule has 0 amide bonds. The molecule has 2 nitrogen and oxygen atoms in total. The van der Waals surface area contributed by atoms with Crippen LogP contribution < -0.4 is 26.6 Å². The Labute approximate surface area is 465 Å². The van der Waals surface area contributed by atoms with Gasteiger partial charge < -0.3 is 4.74 Å². The zero-order valence-electron chi connectivity index (χ0n) is 42.0. The summed E-state index contributed by atoms with van der Waals surface area (Å²) in [5.41, 5.74) is -29.2. The maximum absolute atomic E-state index is 14.2. The van der Waals surface area contributed by atoms with E-state index in [-0.39, 0.29) is 0 Å². The van der Waals surface area contributed by atoms with Crippen molar-refractivity contribution in [1.82, 2.24) is 0 Å². The van der Waals surface area contributed by atoms with Gasteiger partial charge in [-0.1, -0.05) is 119 Å². The summed E-state index contributed by atoms with van der Waals surface area (Å²) in [5.74, 6) is 2.01. The first kappa shape index (κ1) is 64.7. The van der Waals surface area contributed by atoms with Crippen molar-refractivity contribution in [3.63, 3.8) is 0 Å². The Bertz CT molecular complexity index is 3200. The van der Waals surface area contributed by atoms with Crippen LogP contribution in [0.2, 0.25) is 0 Å². The minimum atomic E-state index is -6.13. The fourth-order valence-electron chi connectivity index (χ4n) is 9.17. The Morgan fingerprint density at radius 2 is 0.494 bits per heavy atom. The summed E-state index contributed by atoms with van der Waals surface area (Å²) in [4.78, 5) is 1.71. The van der Waals surface area contributed by atoms with Gasteiger partial charge in [-0.2, -0.15) is 127 Å². The Hall–Kier alpha value is -7.91. The lowest BCUT2D eigenvalue weighted by atomic mass is 9.12. The van der Waals surface area contributed by atoms with Crippen LogP contribution in [0, 0.1) is 0 Å². The van der Waals surface area contributed by atoms with Crippen molar-refractivity contribution in [2.45, 2.75) is 65.0 Å². The van der Waals surface area contributed by atoms with E-state index in [9.17, 15) is 110 Å². The van der Waals surface area contributed by atoms with Gasteiger partial charge in [0.25, 0.3) is 0 Å². The summed E-state index contributed by atoms with van der Waals surface area (Å²) in [5, 5.41) is 0. The van der Waals surface area contributed by atoms with Crippen molar-refractivity contribution in [2.24, 2.45) is 0 Å². The fraction of sp³-hybridized carbons (Fsp3) is 0.158.